The SMILES string of the molecule is C[C@H]1Cc2c(Cl)cccc2[C@@H]2CNC[C@]12C.Cl. The van der Waals surface area contributed by atoms with Crippen molar-refractivity contribution in [2.24, 2.45) is 11.3 Å². The maximum Gasteiger partial charge on any atom is 0.0440 e. The van der Waals surface area contributed by atoms with Crippen molar-refractivity contribution in [3.05, 3.63) is 34.3 Å². The van der Waals surface area contributed by atoms with E-state index in [1.54, 1.807) is 0 Å². The van der Waals surface area contributed by atoms with Crippen LogP contribution in [0.4, 0.5) is 0 Å². The molecule has 1 aliphatic heterocycles. The van der Waals surface area contributed by atoms with Gasteiger partial charge in [0.05, 0.1) is 0 Å². The molecule has 2 aliphatic rings. The highest BCUT2D eigenvalue weighted by Crippen LogP contribution is 2.51. The van der Waals surface area contributed by atoms with Gasteiger partial charge in [-0.05, 0) is 34.9 Å². The van der Waals surface area contributed by atoms with Crippen molar-refractivity contribution < 1.29 is 0 Å². The van der Waals surface area contributed by atoms with Crippen molar-refractivity contribution in [1.82, 2.24) is 5.32 Å². The second kappa shape index (κ2) is 4.46. The Morgan fingerprint density at radius 3 is 2.94 bits per heavy atom. The van der Waals surface area contributed by atoms with E-state index in [2.05, 4.69) is 31.3 Å². The summed E-state index contributed by atoms with van der Waals surface area (Å²) in [6.45, 7) is 7.04. The highest BCUT2D eigenvalue weighted by molar-refractivity contribution is 6.31. The van der Waals surface area contributed by atoms with Gasteiger partial charge in [0.1, 0.15) is 0 Å². The van der Waals surface area contributed by atoms with Crippen LogP contribution in [0.2, 0.25) is 5.02 Å². The molecule has 0 saturated carbocycles. The smallest absolute Gasteiger partial charge is 0.0440 e. The van der Waals surface area contributed by atoms with Crippen LogP contribution in [0, 0.1) is 11.3 Å². The molecular weight excluding hydrogens is 253 g/mol. The summed E-state index contributed by atoms with van der Waals surface area (Å²) in [4.78, 5) is 0. The summed E-state index contributed by atoms with van der Waals surface area (Å²) in [5.41, 5.74) is 3.29. The topological polar surface area (TPSA) is 12.0 Å². The van der Waals surface area contributed by atoms with E-state index in [9.17, 15) is 0 Å². The molecule has 1 aromatic carbocycles. The molecule has 1 nitrogen and oxygen atoms in total. The second-order valence-corrected chi connectivity index (χ2v) is 6.01. The van der Waals surface area contributed by atoms with Gasteiger partial charge in [-0.3, -0.25) is 0 Å². The van der Waals surface area contributed by atoms with Crippen molar-refractivity contribution in [1.29, 1.82) is 0 Å². The molecule has 0 radical (unpaired) electrons. The lowest BCUT2D eigenvalue weighted by molar-refractivity contribution is 0.184. The fourth-order valence-corrected chi connectivity index (χ4v) is 3.74. The summed E-state index contributed by atoms with van der Waals surface area (Å²) < 4.78 is 0. The van der Waals surface area contributed by atoms with Crippen molar-refractivity contribution >= 4 is 24.0 Å². The zero-order chi connectivity index (χ0) is 11.3. The van der Waals surface area contributed by atoms with E-state index in [1.807, 2.05) is 6.07 Å². The summed E-state index contributed by atoms with van der Waals surface area (Å²) in [5.74, 6) is 1.35. The predicted molar refractivity (Wildman–Crippen MR) is 75.3 cm³/mol. The normalized spacial score (nSPS) is 34.8. The van der Waals surface area contributed by atoms with Crippen LogP contribution in [-0.4, -0.2) is 13.1 Å². The minimum absolute atomic E-state index is 0. The third kappa shape index (κ3) is 1.80. The molecule has 3 heteroatoms. The van der Waals surface area contributed by atoms with Gasteiger partial charge < -0.3 is 5.32 Å². The Morgan fingerprint density at radius 1 is 1.41 bits per heavy atom. The highest BCUT2D eigenvalue weighted by atomic mass is 35.5. The quantitative estimate of drug-likeness (QED) is 0.760. The molecule has 1 aromatic rings. The van der Waals surface area contributed by atoms with Gasteiger partial charge in [0, 0.05) is 24.0 Å². The molecule has 0 amide bonds. The Labute approximate surface area is 114 Å². The number of benzene rings is 1. The average molecular weight is 272 g/mol. The molecule has 1 heterocycles. The first-order chi connectivity index (χ1) is 7.63. The highest BCUT2D eigenvalue weighted by Gasteiger charge is 2.47. The van der Waals surface area contributed by atoms with Crippen LogP contribution in [0.25, 0.3) is 0 Å². The number of rotatable bonds is 0. The van der Waals surface area contributed by atoms with Crippen LogP contribution < -0.4 is 5.32 Å². The fraction of sp³-hybridized carbons (Fsp3) is 0.571. The molecule has 3 rings (SSSR count). The molecule has 94 valence electrons. The van der Waals surface area contributed by atoms with Gasteiger partial charge >= 0.3 is 0 Å². The molecule has 1 N–H and O–H groups in total. The summed E-state index contributed by atoms with van der Waals surface area (Å²) in [5, 5.41) is 4.51. The summed E-state index contributed by atoms with van der Waals surface area (Å²) >= 11 is 6.32. The number of nitrogens with one attached hydrogen (secondary N) is 1. The maximum absolute atomic E-state index is 6.32. The zero-order valence-electron chi connectivity index (χ0n) is 10.3. The number of fused-ring (bicyclic) bond motifs is 3. The van der Waals surface area contributed by atoms with E-state index in [0.29, 0.717) is 17.3 Å². The molecule has 0 unspecified atom stereocenters. The summed E-state index contributed by atoms with van der Waals surface area (Å²) in [6, 6.07) is 6.39. The molecule has 1 aliphatic carbocycles. The number of hydrogen-bond acceptors (Lipinski definition) is 1. The van der Waals surface area contributed by atoms with E-state index in [4.69, 9.17) is 11.6 Å². The van der Waals surface area contributed by atoms with Gasteiger partial charge in [0.25, 0.3) is 0 Å². The predicted octanol–water partition coefficient (Wildman–Crippen LogP) is 3.65. The maximum atomic E-state index is 6.32. The Balaban J connectivity index is 0.00000108. The summed E-state index contributed by atoms with van der Waals surface area (Å²) in [7, 11) is 0. The van der Waals surface area contributed by atoms with E-state index < -0.39 is 0 Å². The molecule has 1 fully saturated rings. The minimum atomic E-state index is 0. The van der Waals surface area contributed by atoms with Crippen molar-refractivity contribution in [2.75, 3.05) is 13.1 Å². The van der Waals surface area contributed by atoms with Gasteiger partial charge in [-0.15, -0.1) is 12.4 Å². The number of halogens is 2. The molecule has 17 heavy (non-hydrogen) atoms. The average Bonchev–Trinajstić information content (AvgIpc) is 2.64. The van der Waals surface area contributed by atoms with E-state index in [1.165, 1.54) is 11.1 Å². The van der Waals surface area contributed by atoms with E-state index in [-0.39, 0.29) is 12.4 Å². The molecule has 0 bridgehead atoms. The van der Waals surface area contributed by atoms with Gasteiger partial charge in [-0.2, -0.15) is 0 Å². The Morgan fingerprint density at radius 2 is 2.18 bits per heavy atom. The van der Waals surface area contributed by atoms with Gasteiger partial charge in [-0.25, -0.2) is 0 Å². The largest absolute Gasteiger partial charge is 0.316 e. The van der Waals surface area contributed by atoms with Crippen LogP contribution in [0.3, 0.4) is 0 Å². The van der Waals surface area contributed by atoms with Gasteiger partial charge in [0.2, 0.25) is 0 Å². The Bertz CT molecular complexity index is 432. The Kier molecular flexibility index (Phi) is 3.46. The fourth-order valence-electron chi connectivity index (χ4n) is 3.48. The third-order valence-electron chi connectivity index (χ3n) is 4.82. The Hall–Kier alpha value is -0.240. The third-order valence-corrected chi connectivity index (χ3v) is 5.17. The zero-order valence-corrected chi connectivity index (χ0v) is 11.9. The number of hydrogen-bond donors (Lipinski definition) is 1. The molecule has 3 atom stereocenters. The van der Waals surface area contributed by atoms with Gasteiger partial charge in [0.15, 0.2) is 0 Å². The molecule has 0 aromatic heterocycles. The standard InChI is InChI=1S/C14H18ClN.ClH/c1-9-6-11-10(4-3-5-13(11)15)12-7-16-8-14(9,12)2;/h3-5,9,12,16H,6-8H2,1-2H3;1H/t9-,12-,14+;/m0./s1. The molecular formula is C14H19Cl2N. The molecule has 0 spiro atoms. The van der Waals surface area contributed by atoms with E-state index >= 15 is 0 Å². The van der Waals surface area contributed by atoms with E-state index in [0.717, 1.165) is 24.5 Å². The first-order valence-corrected chi connectivity index (χ1v) is 6.49. The van der Waals surface area contributed by atoms with Crippen LogP contribution in [-0.2, 0) is 6.42 Å². The van der Waals surface area contributed by atoms with Crippen molar-refractivity contribution in [3.63, 3.8) is 0 Å². The second-order valence-electron chi connectivity index (χ2n) is 5.60. The first kappa shape index (κ1) is 13.2. The monoisotopic (exact) mass is 271 g/mol. The minimum Gasteiger partial charge on any atom is -0.316 e. The van der Waals surface area contributed by atoms with Crippen LogP contribution in [0.1, 0.15) is 30.9 Å². The summed E-state index contributed by atoms with van der Waals surface area (Å²) in [6.07, 6.45) is 1.13. The lowest BCUT2D eigenvalue weighted by atomic mass is 9.61. The van der Waals surface area contributed by atoms with Gasteiger partial charge in [-0.1, -0.05) is 37.6 Å². The van der Waals surface area contributed by atoms with Crippen molar-refractivity contribution in [3.8, 4) is 0 Å². The van der Waals surface area contributed by atoms with Crippen LogP contribution in [0.15, 0.2) is 18.2 Å². The van der Waals surface area contributed by atoms with Crippen molar-refractivity contribution in [2.45, 2.75) is 26.2 Å². The van der Waals surface area contributed by atoms with Crippen LogP contribution in [0.5, 0.6) is 0 Å². The van der Waals surface area contributed by atoms with Crippen LogP contribution >= 0.6 is 24.0 Å². The first-order valence-electron chi connectivity index (χ1n) is 6.11. The lowest BCUT2D eigenvalue weighted by Crippen LogP contribution is -2.37. The molecule has 1 saturated heterocycles. The lowest BCUT2D eigenvalue weighted by Gasteiger charge is -2.42.